The average Bonchev–Trinajstić information content (AvgIpc) is 3.13. The Morgan fingerprint density at radius 1 is 1.11 bits per heavy atom. The molecule has 0 saturated heterocycles. The molecule has 0 fully saturated rings. The molecule has 27 heavy (non-hydrogen) atoms. The summed E-state index contributed by atoms with van der Waals surface area (Å²) in [5.41, 5.74) is -1.06. The van der Waals surface area contributed by atoms with Crippen molar-refractivity contribution in [2.75, 3.05) is 10.6 Å². The Balaban J connectivity index is 1.84. The standard InChI is InChI=1S/C16H12F3N5O3/c17-16(18,19)10-3-5-11(6-4-10)23-15-13(24(25)26)14(21-9-22-15)20-8-12-2-1-7-27-12/h1-7,9H,8H2,(H2,20,21,22,23). The minimum Gasteiger partial charge on any atom is -0.467 e. The Hall–Kier alpha value is -3.63. The van der Waals surface area contributed by atoms with Gasteiger partial charge in [0.1, 0.15) is 12.1 Å². The SMILES string of the molecule is O=[N+]([O-])c1c(NCc2ccco2)ncnc1Nc1ccc(C(F)(F)F)cc1. The third-order valence-electron chi connectivity index (χ3n) is 3.49. The molecule has 2 aromatic heterocycles. The van der Waals surface area contributed by atoms with Gasteiger partial charge in [0.05, 0.1) is 23.3 Å². The van der Waals surface area contributed by atoms with Gasteiger partial charge in [-0.25, -0.2) is 9.97 Å². The molecule has 11 heteroatoms. The fourth-order valence-corrected chi connectivity index (χ4v) is 2.24. The van der Waals surface area contributed by atoms with E-state index in [1.165, 1.54) is 6.26 Å². The molecule has 0 unspecified atom stereocenters. The van der Waals surface area contributed by atoms with Gasteiger partial charge in [0.2, 0.25) is 11.6 Å². The van der Waals surface area contributed by atoms with E-state index in [9.17, 15) is 23.3 Å². The molecule has 0 aliphatic heterocycles. The molecule has 0 amide bonds. The number of hydrogen-bond donors (Lipinski definition) is 2. The lowest BCUT2D eigenvalue weighted by Gasteiger charge is -2.11. The molecule has 2 N–H and O–H groups in total. The van der Waals surface area contributed by atoms with Crippen LogP contribution in [0.1, 0.15) is 11.3 Å². The normalized spacial score (nSPS) is 11.2. The van der Waals surface area contributed by atoms with Gasteiger partial charge in [0.15, 0.2) is 0 Å². The van der Waals surface area contributed by atoms with Crippen molar-refractivity contribution in [3.05, 3.63) is 70.4 Å². The first-order chi connectivity index (χ1) is 12.8. The fraction of sp³-hybridized carbons (Fsp3) is 0.125. The van der Waals surface area contributed by atoms with Crippen molar-refractivity contribution >= 4 is 23.0 Å². The van der Waals surface area contributed by atoms with Crippen molar-refractivity contribution in [2.45, 2.75) is 12.7 Å². The molecule has 0 saturated carbocycles. The quantitative estimate of drug-likeness (QED) is 0.484. The van der Waals surface area contributed by atoms with Crippen molar-refractivity contribution in [1.82, 2.24) is 9.97 Å². The second-order valence-electron chi connectivity index (χ2n) is 5.31. The molecular formula is C16H12F3N5O3. The van der Waals surface area contributed by atoms with Gasteiger partial charge in [-0.2, -0.15) is 13.2 Å². The Labute approximate surface area is 150 Å². The van der Waals surface area contributed by atoms with Gasteiger partial charge in [-0.1, -0.05) is 0 Å². The molecule has 8 nitrogen and oxygen atoms in total. The summed E-state index contributed by atoms with van der Waals surface area (Å²) in [6.45, 7) is 0.157. The van der Waals surface area contributed by atoms with Gasteiger partial charge >= 0.3 is 11.9 Å². The number of halogens is 3. The van der Waals surface area contributed by atoms with E-state index in [0.717, 1.165) is 30.6 Å². The second-order valence-corrected chi connectivity index (χ2v) is 5.31. The van der Waals surface area contributed by atoms with Crippen molar-refractivity contribution in [1.29, 1.82) is 0 Å². The largest absolute Gasteiger partial charge is 0.467 e. The van der Waals surface area contributed by atoms with E-state index in [1.807, 2.05) is 0 Å². The van der Waals surface area contributed by atoms with Gasteiger partial charge < -0.3 is 15.1 Å². The van der Waals surface area contributed by atoms with Crippen LogP contribution in [0.3, 0.4) is 0 Å². The maximum atomic E-state index is 12.6. The van der Waals surface area contributed by atoms with E-state index in [4.69, 9.17) is 4.42 Å². The summed E-state index contributed by atoms with van der Waals surface area (Å²) < 4.78 is 43.0. The lowest BCUT2D eigenvalue weighted by molar-refractivity contribution is -0.383. The van der Waals surface area contributed by atoms with E-state index in [1.54, 1.807) is 12.1 Å². The molecule has 3 aromatic rings. The monoisotopic (exact) mass is 379 g/mol. The van der Waals surface area contributed by atoms with E-state index in [2.05, 4.69) is 20.6 Å². The molecule has 140 valence electrons. The summed E-state index contributed by atoms with van der Waals surface area (Å²) in [7, 11) is 0. The van der Waals surface area contributed by atoms with E-state index < -0.39 is 22.4 Å². The first-order valence-corrected chi connectivity index (χ1v) is 7.54. The van der Waals surface area contributed by atoms with E-state index in [-0.39, 0.29) is 23.9 Å². The van der Waals surface area contributed by atoms with Gasteiger partial charge in [-0.15, -0.1) is 0 Å². The lowest BCUT2D eigenvalue weighted by Crippen LogP contribution is -2.08. The lowest BCUT2D eigenvalue weighted by atomic mass is 10.2. The first-order valence-electron chi connectivity index (χ1n) is 7.54. The zero-order valence-electron chi connectivity index (χ0n) is 13.5. The molecule has 0 aliphatic carbocycles. The van der Waals surface area contributed by atoms with Gasteiger partial charge in [-0.3, -0.25) is 10.1 Å². The summed E-state index contributed by atoms with van der Waals surface area (Å²) in [6, 6.07) is 7.40. The molecular weight excluding hydrogens is 367 g/mol. The van der Waals surface area contributed by atoms with Gasteiger partial charge in [0, 0.05) is 5.69 Å². The minimum absolute atomic E-state index is 0.0548. The van der Waals surface area contributed by atoms with Crippen LogP contribution < -0.4 is 10.6 Å². The maximum Gasteiger partial charge on any atom is 0.416 e. The molecule has 0 aliphatic rings. The Morgan fingerprint density at radius 3 is 2.41 bits per heavy atom. The van der Waals surface area contributed by atoms with Crippen LogP contribution in [0.2, 0.25) is 0 Å². The van der Waals surface area contributed by atoms with Crippen LogP contribution in [0.15, 0.2) is 53.4 Å². The minimum atomic E-state index is -4.47. The zero-order chi connectivity index (χ0) is 19.4. The van der Waals surface area contributed by atoms with Crippen LogP contribution in [0.4, 0.5) is 36.2 Å². The third kappa shape index (κ3) is 4.32. The predicted molar refractivity (Wildman–Crippen MR) is 89.4 cm³/mol. The van der Waals surface area contributed by atoms with Crippen LogP contribution in [0.25, 0.3) is 0 Å². The molecule has 0 spiro atoms. The zero-order valence-corrected chi connectivity index (χ0v) is 13.5. The summed E-state index contributed by atoms with van der Waals surface area (Å²) >= 11 is 0. The fourth-order valence-electron chi connectivity index (χ4n) is 2.24. The number of anilines is 3. The summed E-state index contributed by atoms with van der Waals surface area (Å²) in [4.78, 5) is 18.4. The smallest absolute Gasteiger partial charge is 0.416 e. The highest BCUT2D eigenvalue weighted by atomic mass is 19.4. The highest BCUT2D eigenvalue weighted by Gasteiger charge is 2.30. The van der Waals surface area contributed by atoms with Crippen LogP contribution in [-0.4, -0.2) is 14.9 Å². The molecule has 0 radical (unpaired) electrons. The van der Waals surface area contributed by atoms with Gasteiger partial charge in [0.25, 0.3) is 0 Å². The third-order valence-corrected chi connectivity index (χ3v) is 3.49. The number of nitro groups is 1. The number of hydrogen-bond acceptors (Lipinski definition) is 7. The number of furan rings is 1. The summed E-state index contributed by atoms with van der Waals surface area (Å²) in [5, 5.41) is 16.9. The Kier molecular flexibility index (Phi) is 4.92. The molecule has 3 rings (SSSR count). The van der Waals surface area contributed by atoms with Crippen LogP contribution in [0, 0.1) is 10.1 Å². The number of nitrogens with zero attached hydrogens (tertiary/aromatic N) is 3. The summed E-state index contributed by atoms with van der Waals surface area (Å²) in [5.74, 6) is 0.331. The molecule has 2 heterocycles. The van der Waals surface area contributed by atoms with Crippen LogP contribution in [0.5, 0.6) is 0 Å². The molecule has 0 bridgehead atoms. The van der Waals surface area contributed by atoms with Crippen molar-refractivity contribution in [2.24, 2.45) is 0 Å². The number of benzene rings is 1. The van der Waals surface area contributed by atoms with Crippen LogP contribution >= 0.6 is 0 Å². The van der Waals surface area contributed by atoms with Crippen molar-refractivity contribution in [3.63, 3.8) is 0 Å². The molecule has 0 atom stereocenters. The van der Waals surface area contributed by atoms with Crippen molar-refractivity contribution < 1.29 is 22.5 Å². The van der Waals surface area contributed by atoms with Gasteiger partial charge in [-0.05, 0) is 36.4 Å². The number of aromatic nitrogens is 2. The first kappa shape index (κ1) is 18.2. The topological polar surface area (TPSA) is 106 Å². The predicted octanol–water partition coefficient (Wildman–Crippen LogP) is 4.35. The Bertz CT molecular complexity index is 927. The molecule has 1 aromatic carbocycles. The number of nitrogens with one attached hydrogen (secondary N) is 2. The maximum absolute atomic E-state index is 12.6. The second kappa shape index (κ2) is 7.32. The highest BCUT2D eigenvalue weighted by molar-refractivity contribution is 5.73. The van der Waals surface area contributed by atoms with Crippen molar-refractivity contribution in [3.8, 4) is 0 Å². The van der Waals surface area contributed by atoms with E-state index >= 15 is 0 Å². The number of rotatable bonds is 6. The van der Waals surface area contributed by atoms with Crippen LogP contribution in [-0.2, 0) is 12.7 Å². The number of alkyl halides is 3. The van der Waals surface area contributed by atoms with E-state index in [0.29, 0.717) is 5.76 Å². The summed E-state index contributed by atoms with van der Waals surface area (Å²) in [6.07, 6.45) is -1.91. The highest BCUT2D eigenvalue weighted by Crippen LogP contribution is 2.33. The average molecular weight is 379 g/mol. The Morgan fingerprint density at radius 2 is 1.81 bits per heavy atom.